The number of carbonyl (C=O) groups is 2. The molecule has 0 bridgehead atoms. The summed E-state index contributed by atoms with van der Waals surface area (Å²) < 4.78 is 0. The summed E-state index contributed by atoms with van der Waals surface area (Å²) in [5.41, 5.74) is 1.68. The Morgan fingerprint density at radius 3 is 1.41 bits per heavy atom. The van der Waals surface area contributed by atoms with Crippen LogP contribution >= 0.6 is 0 Å². The van der Waals surface area contributed by atoms with E-state index in [4.69, 9.17) is 0 Å². The normalized spacial score (nSPS) is 10.1. The summed E-state index contributed by atoms with van der Waals surface area (Å²) in [6.07, 6.45) is 4.53. The van der Waals surface area contributed by atoms with Crippen molar-refractivity contribution in [3.8, 4) is 0 Å². The molecule has 0 aliphatic rings. The van der Waals surface area contributed by atoms with Crippen LogP contribution in [0.3, 0.4) is 0 Å². The fourth-order valence-electron chi connectivity index (χ4n) is 2.84. The zero-order valence-corrected chi connectivity index (χ0v) is 15.6. The van der Waals surface area contributed by atoms with E-state index >= 15 is 0 Å². The minimum Gasteiger partial charge on any atom is -0.309 e. The molecule has 0 aliphatic carbocycles. The van der Waals surface area contributed by atoms with Crippen LogP contribution in [0, 0.1) is 0 Å². The highest BCUT2D eigenvalue weighted by Crippen LogP contribution is 2.18. The van der Waals surface area contributed by atoms with E-state index in [2.05, 4.69) is 13.2 Å². The first kappa shape index (κ1) is 20.2. The van der Waals surface area contributed by atoms with Crippen molar-refractivity contribution in [3.05, 3.63) is 86.0 Å². The Kier molecular flexibility index (Phi) is 8.04. The van der Waals surface area contributed by atoms with Crippen molar-refractivity contribution in [2.24, 2.45) is 0 Å². The molecule has 0 spiro atoms. The van der Waals surface area contributed by atoms with Gasteiger partial charge < -0.3 is 9.80 Å². The monoisotopic (exact) mass is 362 g/mol. The van der Waals surface area contributed by atoms with Gasteiger partial charge in [-0.15, -0.1) is 13.2 Å². The van der Waals surface area contributed by atoms with E-state index in [-0.39, 0.29) is 11.8 Å². The van der Waals surface area contributed by atoms with Crippen LogP contribution in [0.2, 0.25) is 0 Å². The van der Waals surface area contributed by atoms with Gasteiger partial charge in [0.25, 0.3) is 0 Å². The molecule has 2 rings (SSSR count). The first-order chi connectivity index (χ1) is 13.2. The van der Waals surface area contributed by atoms with Gasteiger partial charge in [-0.25, -0.2) is 0 Å². The molecule has 2 aromatic rings. The first-order valence-electron chi connectivity index (χ1n) is 9.10. The summed E-state index contributed by atoms with van der Waals surface area (Å²) in [6.45, 7) is 8.36. The molecule has 0 saturated carbocycles. The smallest absolute Gasteiger partial charge is 0.227 e. The lowest BCUT2D eigenvalue weighted by atomic mass is 10.1. The average molecular weight is 362 g/mol. The second-order valence-corrected chi connectivity index (χ2v) is 6.11. The second-order valence-electron chi connectivity index (χ2n) is 6.11. The first-order valence-corrected chi connectivity index (χ1v) is 9.10. The van der Waals surface area contributed by atoms with Gasteiger partial charge in [0.2, 0.25) is 11.8 Å². The van der Waals surface area contributed by atoms with Crippen LogP contribution in [0.4, 0.5) is 11.4 Å². The van der Waals surface area contributed by atoms with Gasteiger partial charge in [-0.2, -0.15) is 0 Å². The fraction of sp³-hybridized carbons (Fsp3) is 0.217. The summed E-state index contributed by atoms with van der Waals surface area (Å²) in [5.74, 6) is -0.0206. The van der Waals surface area contributed by atoms with Crippen LogP contribution in [-0.4, -0.2) is 24.9 Å². The number of hydrogen-bond acceptors (Lipinski definition) is 2. The van der Waals surface area contributed by atoms with Gasteiger partial charge in [0.15, 0.2) is 0 Å². The Bertz CT molecular complexity index is 691. The van der Waals surface area contributed by atoms with E-state index < -0.39 is 0 Å². The SMILES string of the molecule is C=CCN(C(=O)CCCC(=O)N(CC=C)c1ccccc1)c1ccccc1. The van der Waals surface area contributed by atoms with Crippen LogP contribution in [-0.2, 0) is 9.59 Å². The zero-order valence-electron chi connectivity index (χ0n) is 15.6. The summed E-state index contributed by atoms with van der Waals surface area (Å²) in [6, 6.07) is 19.0. The molecule has 4 heteroatoms. The molecule has 0 heterocycles. The van der Waals surface area contributed by atoms with Crippen molar-refractivity contribution in [1.29, 1.82) is 0 Å². The Labute approximate surface area is 161 Å². The van der Waals surface area contributed by atoms with E-state index in [1.54, 1.807) is 22.0 Å². The molecule has 0 N–H and O–H groups in total. The van der Waals surface area contributed by atoms with Gasteiger partial charge in [0.05, 0.1) is 0 Å². The molecule has 0 radical (unpaired) electrons. The number of para-hydroxylation sites is 2. The maximum Gasteiger partial charge on any atom is 0.227 e. The quantitative estimate of drug-likeness (QED) is 0.580. The van der Waals surface area contributed by atoms with Crippen molar-refractivity contribution >= 4 is 23.2 Å². The molecule has 0 unspecified atom stereocenters. The molecule has 4 nitrogen and oxygen atoms in total. The summed E-state index contributed by atoms with van der Waals surface area (Å²) in [4.78, 5) is 28.6. The van der Waals surface area contributed by atoms with Crippen LogP contribution in [0.15, 0.2) is 86.0 Å². The molecule has 0 atom stereocenters. The fourth-order valence-corrected chi connectivity index (χ4v) is 2.84. The third kappa shape index (κ3) is 5.96. The van der Waals surface area contributed by atoms with E-state index in [9.17, 15) is 9.59 Å². The third-order valence-electron chi connectivity index (χ3n) is 4.14. The van der Waals surface area contributed by atoms with Gasteiger partial charge in [0, 0.05) is 37.3 Å². The lowest BCUT2D eigenvalue weighted by Crippen LogP contribution is -2.32. The minimum absolute atomic E-state index is 0.0103. The number of hydrogen-bond donors (Lipinski definition) is 0. The molecule has 0 aromatic heterocycles. The molecule has 0 fully saturated rings. The maximum atomic E-state index is 12.6. The van der Waals surface area contributed by atoms with Gasteiger partial charge in [-0.05, 0) is 30.7 Å². The van der Waals surface area contributed by atoms with Gasteiger partial charge in [-0.1, -0.05) is 48.6 Å². The van der Waals surface area contributed by atoms with Crippen molar-refractivity contribution in [1.82, 2.24) is 0 Å². The molecular formula is C23H26N2O2. The number of amides is 2. The number of nitrogens with zero attached hydrogens (tertiary/aromatic N) is 2. The van der Waals surface area contributed by atoms with Crippen LogP contribution in [0.5, 0.6) is 0 Å². The Morgan fingerprint density at radius 1 is 0.704 bits per heavy atom. The predicted molar refractivity (Wildman–Crippen MR) is 112 cm³/mol. The molecule has 0 aliphatic heterocycles. The average Bonchev–Trinajstić information content (AvgIpc) is 2.71. The highest BCUT2D eigenvalue weighted by Gasteiger charge is 2.17. The second kappa shape index (κ2) is 10.8. The van der Waals surface area contributed by atoms with Gasteiger partial charge in [0.1, 0.15) is 0 Å². The topological polar surface area (TPSA) is 40.6 Å². The number of benzene rings is 2. The van der Waals surface area contributed by atoms with Crippen molar-refractivity contribution in [3.63, 3.8) is 0 Å². The van der Waals surface area contributed by atoms with Crippen LogP contribution < -0.4 is 9.80 Å². The van der Waals surface area contributed by atoms with E-state index in [1.807, 2.05) is 60.7 Å². The largest absolute Gasteiger partial charge is 0.309 e. The molecule has 27 heavy (non-hydrogen) atoms. The Hall–Kier alpha value is -3.14. The van der Waals surface area contributed by atoms with E-state index in [0.717, 1.165) is 11.4 Å². The lowest BCUT2D eigenvalue weighted by molar-refractivity contribution is -0.119. The lowest BCUT2D eigenvalue weighted by Gasteiger charge is -2.23. The molecule has 140 valence electrons. The van der Waals surface area contributed by atoms with Crippen LogP contribution in [0.1, 0.15) is 19.3 Å². The summed E-state index contributed by atoms with van der Waals surface area (Å²) >= 11 is 0. The number of carbonyl (C=O) groups excluding carboxylic acids is 2. The third-order valence-corrected chi connectivity index (χ3v) is 4.14. The highest BCUT2D eigenvalue weighted by atomic mass is 16.2. The molecule has 0 saturated heterocycles. The predicted octanol–water partition coefficient (Wildman–Crippen LogP) is 4.60. The van der Waals surface area contributed by atoms with Crippen molar-refractivity contribution in [2.45, 2.75) is 19.3 Å². The molecule has 2 aromatic carbocycles. The highest BCUT2D eigenvalue weighted by molar-refractivity contribution is 5.95. The Morgan fingerprint density at radius 2 is 1.07 bits per heavy atom. The van der Waals surface area contributed by atoms with Crippen LogP contribution in [0.25, 0.3) is 0 Å². The molecule has 2 amide bonds. The summed E-state index contributed by atoms with van der Waals surface area (Å²) in [7, 11) is 0. The van der Waals surface area contributed by atoms with Crippen molar-refractivity contribution in [2.75, 3.05) is 22.9 Å². The van der Waals surface area contributed by atoms with E-state index in [1.165, 1.54) is 0 Å². The maximum absolute atomic E-state index is 12.6. The number of rotatable bonds is 10. The zero-order chi connectivity index (χ0) is 19.5. The van der Waals surface area contributed by atoms with E-state index in [0.29, 0.717) is 32.4 Å². The van der Waals surface area contributed by atoms with Gasteiger partial charge >= 0.3 is 0 Å². The number of anilines is 2. The minimum atomic E-state index is -0.0103. The van der Waals surface area contributed by atoms with Crippen molar-refractivity contribution < 1.29 is 9.59 Å². The standard InChI is InChI=1S/C23H26N2O2/c1-3-18-24(20-12-7-5-8-13-20)22(26)16-11-17-23(27)25(19-4-2)21-14-9-6-10-15-21/h3-10,12-15H,1-2,11,16-19H2. The molecular weight excluding hydrogens is 336 g/mol. The van der Waals surface area contributed by atoms with Gasteiger partial charge in [-0.3, -0.25) is 9.59 Å². The summed E-state index contributed by atoms with van der Waals surface area (Å²) in [5, 5.41) is 0. The Balaban J connectivity index is 1.94.